The molecule has 0 aliphatic carbocycles. The highest BCUT2D eigenvalue weighted by molar-refractivity contribution is 5.79. The standard InChI is InChI=1S/C23H29N5/c1-2-25-23(26-14-9-16-28-17-15-24-19-28)27-18-22(20-10-5-3-6-11-20)21-12-7-4-8-13-21/h3-8,10-13,15,17,19,22H,2,9,14,16,18H2,1H3,(H2,25,26,27). The lowest BCUT2D eigenvalue weighted by molar-refractivity contribution is 0.624. The summed E-state index contributed by atoms with van der Waals surface area (Å²) < 4.78 is 2.09. The molecule has 5 nitrogen and oxygen atoms in total. The maximum Gasteiger partial charge on any atom is 0.191 e. The van der Waals surface area contributed by atoms with Gasteiger partial charge in [-0.05, 0) is 24.5 Å². The summed E-state index contributed by atoms with van der Waals surface area (Å²) in [4.78, 5) is 8.95. The van der Waals surface area contributed by atoms with Gasteiger partial charge >= 0.3 is 0 Å². The van der Waals surface area contributed by atoms with Crippen LogP contribution in [0.4, 0.5) is 0 Å². The topological polar surface area (TPSA) is 54.2 Å². The fourth-order valence-electron chi connectivity index (χ4n) is 3.19. The van der Waals surface area contributed by atoms with Crippen LogP contribution in [0.3, 0.4) is 0 Å². The molecule has 2 aromatic carbocycles. The molecule has 0 aliphatic heterocycles. The number of aryl methyl sites for hydroxylation is 1. The van der Waals surface area contributed by atoms with E-state index in [2.05, 4.69) is 87.8 Å². The second-order valence-electron chi connectivity index (χ2n) is 6.67. The molecule has 3 rings (SSSR count). The van der Waals surface area contributed by atoms with E-state index in [1.807, 2.05) is 18.7 Å². The smallest absolute Gasteiger partial charge is 0.191 e. The normalized spacial score (nSPS) is 11.6. The van der Waals surface area contributed by atoms with E-state index in [4.69, 9.17) is 4.99 Å². The van der Waals surface area contributed by atoms with Gasteiger partial charge in [0.25, 0.3) is 0 Å². The molecule has 0 spiro atoms. The molecule has 1 aromatic heterocycles. The maximum absolute atomic E-state index is 4.88. The van der Waals surface area contributed by atoms with Crippen LogP contribution in [0.5, 0.6) is 0 Å². The van der Waals surface area contributed by atoms with Crippen LogP contribution < -0.4 is 10.6 Å². The highest BCUT2D eigenvalue weighted by Gasteiger charge is 2.13. The van der Waals surface area contributed by atoms with Crippen LogP contribution in [0.25, 0.3) is 0 Å². The molecule has 0 saturated carbocycles. The lowest BCUT2D eigenvalue weighted by Gasteiger charge is -2.18. The Morgan fingerprint density at radius 2 is 1.68 bits per heavy atom. The summed E-state index contributed by atoms with van der Waals surface area (Å²) in [6.07, 6.45) is 6.67. The van der Waals surface area contributed by atoms with Gasteiger partial charge in [-0.25, -0.2) is 4.98 Å². The molecular weight excluding hydrogens is 346 g/mol. The van der Waals surface area contributed by atoms with Crippen molar-refractivity contribution in [2.45, 2.75) is 25.8 Å². The first-order valence-electron chi connectivity index (χ1n) is 9.94. The molecule has 3 aromatic rings. The van der Waals surface area contributed by atoms with Gasteiger partial charge in [0.15, 0.2) is 5.96 Å². The first-order valence-corrected chi connectivity index (χ1v) is 9.94. The molecule has 28 heavy (non-hydrogen) atoms. The molecule has 0 amide bonds. The lowest BCUT2D eigenvalue weighted by atomic mass is 9.91. The summed E-state index contributed by atoms with van der Waals surface area (Å²) >= 11 is 0. The average molecular weight is 376 g/mol. The van der Waals surface area contributed by atoms with E-state index in [0.29, 0.717) is 6.54 Å². The molecule has 0 aliphatic rings. The Balaban J connectivity index is 1.64. The van der Waals surface area contributed by atoms with Crippen LogP contribution in [0.15, 0.2) is 84.4 Å². The minimum atomic E-state index is 0.240. The summed E-state index contributed by atoms with van der Waals surface area (Å²) in [5.41, 5.74) is 2.57. The number of benzene rings is 2. The number of aromatic nitrogens is 2. The van der Waals surface area contributed by atoms with Crippen LogP contribution in [0.2, 0.25) is 0 Å². The minimum Gasteiger partial charge on any atom is -0.357 e. The van der Waals surface area contributed by atoms with E-state index in [-0.39, 0.29) is 5.92 Å². The molecule has 0 saturated heterocycles. The zero-order valence-corrected chi connectivity index (χ0v) is 16.5. The Labute approximate surface area is 167 Å². The van der Waals surface area contributed by atoms with Crippen molar-refractivity contribution in [3.8, 4) is 0 Å². The van der Waals surface area contributed by atoms with Crippen LogP contribution in [-0.2, 0) is 6.54 Å². The quantitative estimate of drug-likeness (QED) is 0.341. The third kappa shape index (κ3) is 5.98. The van der Waals surface area contributed by atoms with Gasteiger partial charge in [-0.3, -0.25) is 4.99 Å². The third-order valence-corrected chi connectivity index (χ3v) is 4.62. The number of rotatable bonds is 9. The molecule has 0 fully saturated rings. The van der Waals surface area contributed by atoms with Gasteiger partial charge < -0.3 is 15.2 Å². The Kier molecular flexibility index (Phi) is 7.67. The van der Waals surface area contributed by atoms with Crippen molar-refractivity contribution in [3.05, 3.63) is 90.5 Å². The predicted octanol–water partition coefficient (Wildman–Crippen LogP) is 3.66. The van der Waals surface area contributed by atoms with E-state index in [1.54, 1.807) is 0 Å². The van der Waals surface area contributed by atoms with Crippen molar-refractivity contribution in [2.24, 2.45) is 4.99 Å². The highest BCUT2D eigenvalue weighted by Crippen LogP contribution is 2.24. The van der Waals surface area contributed by atoms with Gasteiger partial charge in [0.1, 0.15) is 0 Å². The lowest BCUT2D eigenvalue weighted by Crippen LogP contribution is -2.38. The average Bonchev–Trinajstić information content (AvgIpc) is 3.26. The molecule has 0 bridgehead atoms. The minimum absolute atomic E-state index is 0.240. The molecule has 5 heteroatoms. The van der Waals surface area contributed by atoms with Crippen LogP contribution >= 0.6 is 0 Å². The highest BCUT2D eigenvalue weighted by atomic mass is 15.2. The summed E-state index contributed by atoms with van der Waals surface area (Å²) in [5, 5.41) is 6.80. The van der Waals surface area contributed by atoms with E-state index >= 15 is 0 Å². The van der Waals surface area contributed by atoms with Crippen molar-refractivity contribution >= 4 is 5.96 Å². The summed E-state index contributed by atoms with van der Waals surface area (Å²) in [5.74, 6) is 1.11. The van der Waals surface area contributed by atoms with Crippen molar-refractivity contribution in [1.29, 1.82) is 0 Å². The molecule has 0 unspecified atom stereocenters. The fourth-order valence-corrected chi connectivity index (χ4v) is 3.19. The van der Waals surface area contributed by atoms with Crippen molar-refractivity contribution in [3.63, 3.8) is 0 Å². The number of nitrogens with zero attached hydrogens (tertiary/aromatic N) is 3. The maximum atomic E-state index is 4.88. The summed E-state index contributed by atoms with van der Waals surface area (Å²) in [6.45, 7) is 5.45. The van der Waals surface area contributed by atoms with Crippen molar-refractivity contribution < 1.29 is 0 Å². The molecule has 2 N–H and O–H groups in total. The largest absolute Gasteiger partial charge is 0.357 e. The van der Waals surface area contributed by atoms with Gasteiger partial charge in [0.05, 0.1) is 12.9 Å². The number of hydrogen-bond acceptors (Lipinski definition) is 2. The van der Waals surface area contributed by atoms with E-state index in [1.165, 1.54) is 11.1 Å². The molecule has 0 atom stereocenters. The Hall–Kier alpha value is -3.08. The van der Waals surface area contributed by atoms with Gasteiger partial charge in [0.2, 0.25) is 0 Å². The summed E-state index contributed by atoms with van der Waals surface area (Å²) in [7, 11) is 0. The summed E-state index contributed by atoms with van der Waals surface area (Å²) in [6, 6.07) is 21.2. The molecule has 146 valence electrons. The molecular formula is C23H29N5. The second kappa shape index (κ2) is 10.9. The van der Waals surface area contributed by atoms with Gasteiger partial charge in [0, 0.05) is 37.9 Å². The Bertz CT molecular complexity index is 773. The molecule has 0 radical (unpaired) electrons. The van der Waals surface area contributed by atoms with Crippen molar-refractivity contribution in [1.82, 2.24) is 20.2 Å². The van der Waals surface area contributed by atoms with Crippen LogP contribution in [0, 0.1) is 0 Å². The number of hydrogen-bond donors (Lipinski definition) is 2. The van der Waals surface area contributed by atoms with Crippen molar-refractivity contribution in [2.75, 3.05) is 19.6 Å². The van der Waals surface area contributed by atoms with Gasteiger partial charge in [-0.1, -0.05) is 60.7 Å². The van der Waals surface area contributed by atoms with Crippen LogP contribution in [-0.4, -0.2) is 35.1 Å². The first kappa shape index (κ1) is 19.7. The van der Waals surface area contributed by atoms with Crippen LogP contribution in [0.1, 0.15) is 30.4 Å². The molecule has 1 heterocycles. The van der Waals surface area contributed by atoms with E-state index in [9.17, 15) is 0 Å². The Morgan fingerprint density at radius 3 is 2.25 bits per heavy atom. The van der Waals surface area contributed by atoms with Gasteiger partial charge in [-0.15, -0.1) is 0 Å². The number of imidazole rings is 1. The fraction of sp³-hybridized carbons (Fsp3) is 0.304. The second-order valence-corrected chi connectivity index (χ2v) is 6.67. The van der Waals surface area contributed by atoms with E-state index < -0.39 is 0 Å². The van der Waals surface area contributed by atoms with E-state index in [0.717, 1.165) is 32.0 Å². The SMILES string of the molecule is CCNC(=NCC(c1ccccc1)c1ccccc1)NCCCn1ccnc1. The monoisotopic (exact) mass is 375 g/mol. The first-order chi connectivity index (χ1) is 13.9. The number of nitrogens with one attached hydrogen (secondary N) is 2. The number of aliphatic imine (C=N–C) groups is 1. The Morgan fingerprint density at radius 1 is 1.00 bits per heavy atom. The zero-order chi connectivity index (χ0) is 19.4. The zero-order valence-electron chi connectivity index (χ0n) is 16.5. The number of guanidine groups is 1. The van der Waals surface area contributed by atoms with Gasteiger partial charge in [-0.2, -0.15) is 0 Å². The predicted molar refractivity (Wildman–Crippen MR) is 116 cm³/mol. The third-order valence-electron chi connectivity index (χ3n) is 4.62.